The van der Waals surface area contributed by atoms with Crippen LogP contribution < -0.4 is 10.1 Å². The van der Waals surface area contributed by atoms with Crippen molar-refractivity contribution in [3.63, 3.8) is 0 Å². The number of nitrogens with one attached hydrogen (secondary N) is 1. The van der Waals surface area contributed by atoms with E-state index < -0.39 is 0 Å². The number of carbonyl (C=O) groups is 1. The Balaban J connectivity index is 1.55. The zero-order chi connectivity index (χ0) is 14.9. The lowest BCUT2D eigenvalue weighted by Crippen LogP contribution is -2.29. The summed E-state index contributed by atoms with van der Waals surface area (Å²) in [7, 11) is 1.89. The lowest BCUT2D eigenvalue weighted by atomic mass is 10.0. The van der Waals surface area contributed by atoms with E-state index in [4.69, 9.17) is 4.74 Å². The number of rotatable bonds is 8. The van der Waals surface area contributed by atoms with Gasteiger partial charge in [0.15, 0.2) is 0 Å². The number of nitrogens with zero attached hydrogens (tertiary/aromatic N) is 1. The van der Waals surface area contributed by atoms with Gasteiger partial charge in [-0.1, -0.05) is 18.2 Å². The van der Waals surface area contributed by atoms with Crippen LogP contribution in [0.25, 0.3) is 0 Å². The second-order valence-corrected chi connectivity index (χ2v) is 5.73. The first-order chi connectivity index (χ1) is 10.3. The number of amides is 1. The van der Waals surface area contributed by atoms with Gasteiger partial charge in [-0.3, -0.25) is 4.79 Å². The fourth-order valence-corrected chi connectivity index (χ4v) is 2.61. The van der Waals surface area contributed by atoms with E-state index in [1.54, 1.807) is 0 Å². The monoisotopic (exact) mass is 290 g/mol. The molecule has 21 heavy (non-hydrogen) atoms. The maximum atomic E-state index is 12.0. The molecule has 1 N–H and O–H groups in total. The number of para-hydroxylation sites is 1. The van der Waals surface area contributed by atoms with E-state index in [9.17, 15) is 4.79 Å². The summed E-state index contributed by atoms with van der Waals surface area (Å²) in [6.07, 6.45) is 3.75. The molecule has 1 aliphatic heterocycles. The Bertz CT molecular complexity index is 416. The van der Waals surface area contributed by atoms with Gasteiger partial charge in [-0.15, -0.1) is 0 Å². The Labute approximate surface area is 127 Å². The van der Waals surface area contributed by atoms with E-state index in [0.717, 1.165) is 38.2 Å². The highest BCUT2D eigenvalue weighted by molar-refractivity contribution is 5.75. The Morgan fingerprint density at radius 1 is 1.38 bits per heavy atom. The standard InChI is InChI=1S/C17H26N2O2/c1-19(17(20)9-8-15-10-11-18-14-15)12-5-13-21-16-6-3-2-4-7-16/h2-4,6-7,15,18H,5,8-14H2,1H3. The third-order valence-electron chi connectivity index (χ3n) is 4.00. The molecular formula is C17H26N2O2. The van der Waals surface area contributed by atoms with Crippen LogP contribution in [0, 0.1) is 5.92 Å². The van der Waals surface area contributed by atoms with Crippen molar-refractivity contribution in [2.45, 2.75) is 25.7 Å². The molecule has 0 aliphatic carbocycles. The van der Waals surface area contributed by atoms with Crippen molar-refractivity contribution in [1.82, 2.24) is 10.2 Å². The summed E-state index contributed by atoms with van der Waals surface area (Å²) in [5.74, 6) is 1.82. The molecule has 1 saturated heterocycles. The van der Waals surface area contributed by atoms with E-state index in [2.05, 4.69) is 5.32 Å². The van der Waals surface area contributed by atoms with E-state index >= 15 is 0 Å². The molecule has 1 aromatic carbocycles. The molecule has 1 atom stereocenters. The van der Waals surface area contributed by atoms with Gasteiger partial charge in [0, 0.05) is 20.0 Å². The Morgan fingerprint density at radius 3 is 2.90 bits per heavy atom. The number of carbonyl (C=O) groups excluding carboxylic acids is 1. The zero-order valence-electron chi connectivity index (χ0n) is 12.9. The average Bonchev–Trinajstić information content (AvgIpc) is 3.03. The maximum absolute atomic E-state index is 12.0. The van der Waals surface area contributed by atoms with Crippen molar-refractivity contribution in [3.8, 4) is 5.75 Å². The maximum Gasteiger partial charge on any atom is 0.222 e. The zero-order valence-corrected chi connectivity index (χ0v) is 12.9. The first-order valence-electron chi connectivity index (χ1n) is 7.88. The van der Waals surface area contributed by atoms with Crippen LogP contribution >= 0.6 is 0 Å². The lowest BCUT2D eigenvalue weighted by molar-refractivity contribution is -0.130. The van der Waals surface area contributed by atoms with Gasteiger partial charge in [-0.25, -0.2) is 0 Å². The molecule has 1 heterocycles. The average molecular weight is 290 g/mol. The molecule has 0 saturated carbocycles. The normalized spacial score (nSPS) is 17.7. The van der Waals surface area contributed by atoms with Crippen LogP contribution in [0.4, 0.5) is 0 Å². The molecule has 116 valence electrons. The number of benzene rings is 1. The van der Waals surface area contributed by atoms with Crippen LogP contribution in [-0.4, -0.2) is 44.1 Å². The lowest BCUT2D eigenvalue weighted by Gasteiger charge is -2.18. The Morgan fingerprint density at radius 2 is 2.19 bits per heavy atom. The van der Waals surface area contributed by atoms with Crippen LogP contribution in [0.5, 0.6) is 5.75 Å². The third-order valence-corrected chi connectivity index (χ3v) is 4.00. The van der Waals surface area contributed by atoms with E-state index in [1.165, 1.54) is 6.42 Å². The van der Waals surface area contributed by atoms with Gasteiger partial charge >= 0.3 is 0 Å². The Hall–Kier alpha value is -1.55. The highest BCUT2D eigenvalue weighted by Crippen LogP contribution is 2.15. The predicted octanol–water partition coefficient (Wildman–Crippen LogP) is 2.30. The van der Waals surface area contributed by atoms with E-state index in [1.807, 2.05) is 42.3 Å². The quantitative estimate of drug-likeness (QED) is 0.747. The molecule has 1 fully saturated rings. The van der Waals surface area contributed by atoms with Gasteiger partial charge < -0.3 is 15.0 Å². The molecular weight excluding hydrogens is 264 g/mol. The molecule has 4 nitrogen and oxygen atoms in total. The minimum Gasteiger partial charge on any atom is -0.494 e. The van der Waals surface area contributed by atoms with Crippen molar-refractivity contribution in [1.29, 1.82) is 0 Å². The third kappa shape index (κ3) is 5.76. The second kappa shape index (κ2) is 8.67. The van der Waals surface area contributed by atoms with E-state index in [0.29, 0.717) is 18.9 Å². The van der Waals surface area contributed by atoms with Crippen molar-refractivity contribution in [2.24, 2.45) is 5.92 Å². The smallest absolute Gasteiger partial charge is 0.222 e. The summed E-state index contributed by atoms with van der Waals surface area (Å²) in [4.78, 5) is 13.9. The molecule has 4 heteroatoms. The summed E-state index contributed by atoms with van der Waals surface area (Å²) in [5, 5.41) is 3.34. The summed E-state index contributed by atoms with van der Waals surface area (Å²) in [6.45, 7) is 3.58. The van der Waals surface area contributed by atoms with Gasteiger partial charge in [0.05, 0.1) is 6.61 Å². The first-order valence-corrected chi connectivity index (χ1v) is 7.88. The van der Waals surface area contributed by atoms with Gasteiger partial charge in [0.25, 0.3) is 0 Å². The van der Waals surface area contributed by atoms with Crippen LogP contribution in [-0.2, 0) is 4.79 Å². The fraction of sp³-hybridized carbons (Fsp3) is 0.588. The van der Waals surface area contributed by atoms with Crippen molar-refractivity contribution in [2.75, 3.05) is 33.3 Å². The summed E-state index contributed by atoms with van der Waals surface area (Å²) in [5.41, 5.74) is 0. The molecule has 1 amide bonds. The summed E-state index contributed by atoms with van der Waals surface area (Å²) in [6, 6.07) is 9.79. The molecule has 2 rings (SSSR count). The van der Waals surface area contributed by atoms with Crippen LogP contribution in [0.15, 0.2) is 30.3 Å². The van der Waals surface area contributed by atoms with Crippen molar-refractivity contribution in [3.05, 3.63) is 30.3 Å². The molecule has 0 spiro atoms. The predicted molar refractivity (Wildman–Crippen MR) is 84.4 cm³/mol. The van der Waals surface area contributed by atoms with Crippen molar-refractivity contribution >= 4 is 5.91 Å². The molecule has 0 aromatic heterocycles. The summed E-state index contributed by atoms with van der Waals surface area (Å²) >= 11 is 0. The minimum absolute atomic E-state index is 0.251. The van der Waals surface area contributed by atoms with Crippen LogP contribution in [0.1, 0.15) is 25.7 Å². The van der Waals surface area contributed by atoms with Gasteiger partial charge in [-0.2, -0.15) is 0 Å². The van der Waals surface area contributed by atoms with Gasteiger partial charge in [0.1, 0.15) is 5.75 Å². The second-order valence-electron chi connectivity index (χ2n) is 5.73. The first kappa shape index (κ1) is 15.8. The number of ether oxygens (including phenoxy) is 1. The molecule has 1 unspecified atom stereocenters. The van der Waals surface area contributed by atoms with E-state index in [-0.39, 0.29) is 5.91 Å². The topological polar surface area (TPSA) is 41.6 Å². The van der Waals surface area contributed by atoms with Crippen LogP contribution in [0.3, 0.4) is 0 Å². The Kier molecular flexibility index (Phi) is 6.54. The fourth-order valence-electron chi connectivity index (χ4n) is 2.61. The number of hydrogen-bond donors (Lipinski definition) is 1. The van der Waals surface area contributed by atoms with Crippen LogP contribution in [0.2, 0.25) is 0 Å². The summed E-state index contributed by atoms with van der Waals surface area (Å²) < 4.78 is 5.63. The SMILES string of the molecule is CN(CCCOc1ccccc1)C(=O)CCC1CCNC1. The molecule has 1 aromatic rings. The van der Waals surface area contributed by atoms with Crippen molar-refractivity contribution < 1.29 is 9.53 Å². The highest BCUT2D eigenvalue weighted by atomic mass is 16.5. The van der Waals surface area contributed by atoms with Gasteiger partial charge in [-0.05, 0) is 50.4 Å². The molecule has 0 radical (unpaired) electrons. The van der Waals surface area contributed by atoms with Gasteiger partial charge in [0.2, 0.25) is 5.91 Å². The minimum atomic E-state index is 0.251. The number of hydrogen-bond acceptors (Lipinski definition) is 3. The highest BCUT2D eigenvalue weighted by Gasteiger charge is 2.17. The molecule has 0 bridgehead atoms. The largest absolute Gasteiger partial charge is 0.494 e. The molecule has 1 aliphatic rings.